The minimum Gasteiger partial charge on any atom is -0.507 e. The van der Waals surface area contributed by atoms with Crippen molar-refractivity contribution in [2.45, 2.75) is 24.8 Å². The summed E-state index contributed by atoms with van der Waals surface area (Å²) in [5, 5.41) is 10.1. The second kappa shape index (κ2) is 4.38. The zero-order chi connectivity index (χ0) is 12.6. The van der Waals surface area contributed by atoms with Gasteiger partial charge >= 0.3 is 0 Å². The van der Waals surface area contributed by atoms with Gasteiger partial charge in [-0.25, -0.2) is 0 Å². The van der Waals surface area contributed by atoms with E-state index in [-0.39, 0.29) is 5.75 Å². The Bertz CT molecular complexity index is 444. The van der Waals surface area contributed by atoms with E-state index >= 15 is 0 Å². The van der Waals surface area contributed by atoms with Gasteiger partial charge in [0.25, 0.3) is 0 Å². The van der Waals surface area contributed by atoms with Crippen molar-refractivity contribution in [2.75, 3.05) is 14.2 Å². The van der Waals surface area contributed by atoms with Crippen molar-refractivity contribution in [2.24, 2.45) is 5.73 Å². The number of hydrogen-bond acceptors (Lipinski definition) is 4. The van der Waals surface area contributed by atoms with Crippen molar-refractivity contribution < 1.29 is 14.6 Å². The molecule has 1 saturated carbocycles. The van der Waals surface area contributed by atoms with Crippen LogP contribution in [0.15, 0.2) is 10.5 Å². The van der Waals surface area contributed by atoms with Crippen LogP contribution < -0.4 is 15.2 Å². The zero-order valence-electron chi connectivity index (χ0n) is 9.92. The van der Waals surface area contributed by atoms with E-state index in [0.29, 0.717) is 21.5 Å². The monoisotopic (exact) mass is 301 g/mol. The third-order valence-electron chi connectivity index (χ3n) is 3.33. The van der Waals surface area contributed by atoms with Crippen LogP contribution in [0, 0.1) is 0 Å². The van der Waals surface area contributed by atoms with Crippen LogP contribution in [0.5, 0.6) is 17.2 Å². The van der Waals surface area contributed by atoms with Crippen molar-refractivity contribution >= 4 is 15.9 Å². The standard InChI is InChI=1S/C12H16BrNO3/c1-16-8-6-7(15)9(10(13)11(8)17-2)12(14)4-3-5-12/h6,15H,3-5,14H2,1-2H3. The summed E-state index contributed by atoms with van der Waals surface area (Å²) < 4.78 is 11.1. The largest absolute Gasteiger partial charge is 0.507 e. The summed E-state index contributed by atoms with van der Waals surface area (Å²) in [6.07, 6.45) is 2.82. The molecule has 0 heterocycles. The second-order valence-corrected chi connectivity index (χ2v) is 5.12. The summed E-state index contributed by atoms with van der Waals surface area (Å²) in [6.45, 7) is 0. The van der Waals surface area contributed by atoms with Gasteiger partial charge < -0.3 is 20.3 Å². The zero-order valence-corrected chi connectivity index (χ0v) is 11.5. The molecular formula is C12H16BrNO3. The summed E-state index contributed by atoms with van der Waals surface area (Å²) in [6, 6.07) is 1.55. The van der Waals surface area contributed by atoms with E-state index < -0.39 is 5.54 Å². The highest BCUT2D eigenvalue weighted by Crippen LogP contribution is 2.51. The Morgan fingerprint density at radius 2 is 2.00 bits per heavy atom. The Labute approximate surface area is 109 Å². The number of nitrogens with two attached hydrogens (primary N) is 1. The predicted octanol–water partition coefficient (Wildman–Crippen LogP) is 2.51. The Morgan fingerprint density at radius 3 is 2.41 bits per heavy atom. The molecule has 0 amide bonds. The Balaban J connectivity index is 2.60. The first-order valence-electron chi connectivity index (χ1n) is 5.46. The van der Waals surface area contributed by atoms with Gasteiger partial charge in [0.1, 0.15) is 5.75 Å². The summed E-state index contributed by atoms with van der Waals surface area (Å²) in [4.78, 5) is 0. The molecule has 4 nitrogen and oxygen atoms in total. The maximum atomic E-state index is 10.1. The lowest BCUT2D eigenvalue weighted by atomic mass is 9.72. The lowest BCUT2D eigenvalue weighted by Crippen LogP contribution is -2.43. The van der Waals surface area contributed by atoms with Crippen molar-refractivity contribution in [1.82, 2.24) is 0 Å². The molecule has 0 aliphatic heterocycles. The lowest BCUT2D eigenvalue weighted by Gasteiger charge is -2.39. The van der Waals surface area contributed by atoms with Gasteiger partial charge in [-0.1, -0.05) is 0 Å². The number of benzene rings is 1. The molecule has 0 saturated heterocycles. The Kier molecular flexibility index (Phi) is 3.23. The quantitative estimate of drug-likeness (QED) is 0.900. The number of hydrogen-bond donors (Lipinski definition) is 2. The Hall–Kier alpha value is -0.940. The summed E-state index contributed by atoms with van der Waals surface area (Å²) in [5.41, 5.74) is 6.51. The smallest absolute Gasteiger partial charge is 0.175 e. The van der Waals surface area contributed by atoms with Crippen LogP contribution in [0.1, 0.15) is 24.8 Å². The molecule has 1 fully saturated rings. The van der Waals surface area contributed by atoms with Crippen molar-refractivity contribution in [3.8, 4) is 17.2 Å². The molecular weight excluding hydrogens is 286 g/mol. The third kappa shape index (κ3) is 1.87. The van der Waals surface area contributed by atoms with Crippen LogP contribution in [-0.4, -0.2) is 19.3 Å². The van der Waals surface area contributed by atoms with Gasteiger partial charge in [-0.05, 0) is 35.2 Å². The van der Waals surface area contributed by atoms with Gasteiger partial charge in [-0.2, -0.15) is 0 Å². The van der Waals surface area contributed by atoms with Crippen LogP contribution in [0.4, 0.5) is 0 Å². The normalized spacial score (nSPS) is 17.4. The fourth-order valence-electron chi connectivity index (χ4n) is 2.22. The first-order valence-corrected chi connectivity index (χ1v) is 6.25. The fraction of sp³-hybridized carbons (Fsp3) is 0.500. The van der Waals surface area contributed by atoms with Gasteiger partial charge in [0.2, 0.25) is 0 Å². The minimum absolute atomic E-state index is 0.150. The molecule has 3 N–H and O–H groups in total. The number of methoxy groups -OCH3 is 2. The molecule has 2 rings (SSSR count). The van der Waals surface area contributed by atoms with Crippen LogP contribution in [0.2, 0.25) is 0 Å². The van der Waals surface area contributed by atoms with E-state index in [1.165, 1.54) is 7.11 Å². The van der Waals surface area contributed by atoms with Gasteiger partial charge in [0.05, 0.1) is 18.7 Å². The maximum Gasteiger partial charge on any atom is 0.175 e. The number of ether oxygens (including phenoxy) is 2. The molecule has 0 spiro atoms. The van der Waals surface area contributed by atoms with Crippen LogP contribution >= 0.6 is 15.9 Å². The Morgan fingerprint density at radius 1 is 1.35 bits per heavy atom. The molecule has 1 aromatic rings. The molecule has 1 aromatic carbocycles. The molecule has 17 heavy (non-hydrogen) atoms. The predicted molar refractivity (Wildman–Crippen MR) is 68.6 cm³/mol. The van der Waals surface area contributed by atoms with Gasteiger partial charge in [0, 0.05) is 17.2 Å². The molecule has 0 aromatic heterocycles. The lowest BCUT2D eigenvalue weighted by molar-refractivity contribution is 0.241. The van der Waals surface area contributed by atoms with E-state index in [4.69, 9.17) is 15.2 Å². The highest BCUT2D eigenvalue weighted by atomic mass is 79.9. The SMILES string of the molecule is COc1cc(O)c(C2(N)CCC2)c(Br)c1OC. The molecule has 0 bridgehead atoms. The highest BCUT2D eigenvalue weighted by molar-refractivity contribution is 9.10. The summed E-state index contributed by atoms with van der Waals surface area (Å²) in [7, 11) is 3.10. The van der Waals surface area contributed by atoms with Crippen molar-refractivity contribution in [3.63, 3.8) is 0 Å². The van der Waals surface area contributed by atoms with E-state index in [2.05, 4.69) is 15.9 Å². The average Bonchev–Trinajstić information content (AvgIpc) is 2.25. The van der Waals surface area contributed by atoms with Crippen LogP contribution in [-0.2, 0) is 5.54 Å². The maximum absolute atomic E-state index is 10.1. The number of phenols is 1. The molecule has 0 atom stereocenters. The molecule has 1 aliphatic rings. The third-order valence-corrected chi connectivity index (χ3v) is 4.09. The summed E-state index contributed by atoms with van der Waals surface area (Å²) in [5.74, 6) is 1.21. The number of rotatable bonds is 3. The van der Waals surface area contributed by atoms with Crippen molar-refractivity contribution in [1.29, 1.82) is 0 Å². The molecule has 0 radical (unpaired) electrons. The number of phenolic OH excluding ortho intramolecular Hbond substituents is 1. The van der Waals surface area contributed by atoms with Crippen LogP contribution in [0.25, 0.3) is 0 Å². The summed E-state index contributed by atoms with van der Waals surface area (Å²) >= 11 is 3.45. The first kappa shape index (κ1) is 12.5. The molecule has 94 valence electrons. The van der Waals surface area contributed by atoms with Crippen molar-refractivity contribution in [3.05, 3.63) is 16.1 Å². The molecule has 1 aliphatic carbocycles. The van der Waals surface area contributed by atoms with E-state index in [1.807, 2.05) is 0 Å². The average molecular weight is 302 g/mol. The molecule has 5 heteroatoms. The first-order chi connectivity index (χ1) is 8.03. The van der Waals surface area contributed by atoms with E-state index in [9.17, 15) is 5.11 Å². The highest BCUT2D eigenvalue weighted by Gasteiger charge is 2.39. The van der Waals surface area contributed by atoms with Crippen LogP contribution in [0.3, 0.4) is 0 Å². The second-order valence-electron chi connectivity index (χ2n) is 4.33. The van der Waals surface area contributed by atoms with E-state index in [0.717, 1.165) is 19.3 Å². The topological polar surface area (TPSA) is 64.7 Å². The van der Waals surface area contributed by atoms with Gasteiger partial charge in [-0.15, -0.1) is 0 Å². The number of halogens is 1. The minimum atomic E-state index is -0.456. The molecule has 0 unspecified atom stereocenters. The number of aromatic hydroxyl groups is 1. The van der Waals surface area contributed by atoms with Gasteiger partial charge in [-0.3, -0.25) is 0 Å². The fourth-order valence-corrected chi connectivity index (χ4v) is 3.17. The van der Waals surface area contributed by atoms with E-state index in [1.54, 1.807) is 13.2 Å². The van der Waals surface area contributed by atoms with Gasteiger partial charge in [0.15, 0.2) is 11.5 Å².